The van der Waals surface area contributed by atoms with Crippen molar-refractivity contribution in [2.75, 3.05) is 6.54 Å². The van der Waals surface area contributed by atoms with Gasteiger partial charge in [0.25, 0.3) is 0 Å². The van der Waals surface area contributed by atoms with Gasteiger partial charge in [-0.3, -0.25) is 4.79 Å². The van der Waals surface area contributed by atoms with Gasteiger partial charge in [0.05, 0.1) is 0 Å². The summed E-state index contributed by atoms with van der Waals surface area (Å²) < 4.78 is 0. The zero-order valence-electron chi connectivity index (χ0n) is 12.8. The topological polar surface area (TPSA) is 29.1 Å². The molecule has 2 heteroatoms. The third kappa shape index (κ3) is 13.7. The summed E-state index contributed by atoms with van der Waals surface area (Å²) in [7, 11) is 0. The predicted octanol–water partition coefficient (Wildman–Crippen LogP) is 4.47. The van der Waals surface area contributed by atoms with Gasteiger partial charge in [-0.15, -0.1) is 0 Å². The number of carbonyl (C=O) groups is 1. The largest absolute Gasteiger partial charge is 0.315 e. The van der Waals surface area contributed by atoms with Crippen LogP contribution in [0, 0.1) is 0 Å². The van der Waals surface area contributed by atoms with Crippen molar-refractivity contribution in [3.63, 3.8) is 0 Å². The summed E-state index contributed by atoms with van der Waals surface area (Å²) >= 11 is 0. The van der Waals surface area contributed by atoms with Crippen molar-refractivity contribution in [1.29, 1.82) is 0 Å². The summed E-state index contributed by atoms with van der Waals surface area (Å²) in [5, 5.41) is 3.34. The molecule has 0 aromatic heterocycles. The van der Waals surface area contributed by atoms with Crippen LogP contribution in [0.25, 0.3) is 0 Å². The van der Waals surface area contributed by atoms with E-state index in [0.29, 0.717) is 11.8 Å². The van der Waals surface area contributed by atoms with E-state index in [1.54, 1.807) is 0 Å². The van der Waals surface area contributed by atoms with E-state index in [9.17, 15) is 4.79 Å². The van der Waals surface area contributed by atoms with Crippen LogP contribution in [-0.4, -0.2) is 18.4 Å². The average molecular weight is 255 g/mol. The fourth-order valence-electron chi connectivity index (χ4n) is 2.08. The Bertz CT molecular complexity index is 190. The first kappa shape index (κ1) is 17.6. The van der Waals surface area contributed by atoms with Gasteiger partial charge >= 0.3 is 0 Å². The molecule has 0 atom stereocenters. The molecule has 1 N–H and O–H groups in total. The van der Waals surface area contributed by atoms with Gasteiger partial charge in [-0.25, -0.2) is 0 Å². The monoisotopic (exact) mass is 255 g/mol. The van der Waals surface area contributed by atoms with Crippen LogP contribution >= 0.6 is 0 Å². The van der Waals surface area contributed by atoms with Crippen molar-refractivity contribution in [3.8, 4) is 0 Å². The number of nitrogens with one attached hydrogen (secondary N) is 1. The molecule has 0 saturated heterocycles. The molecular weight excluding hydrogens is 222 g/mol. The summed E-state index contributed by atoms with van der Waals surface area (Å²) in [4.78, 5) is 11.6. The molecule has 0 saturated carbocycles. The maximum Gasteiger partial charge on any atom is 0.132 e. The summed E-state index contributed by atoms with van der Waals surface area (Å²) in [6, 6.07) is 0.531. The van der Waals surface area contributed by atoms with Crippen molar-refractivity contribution in [3.05, 3.63) is 0 Å². The molecule has 108 valence electrons. The molecule has 2 nitrogen and oxygen atoms in total. The number of hydrogen-bond donors (Lipinski definition) is 1. The molecule has 0 aliphatic rings. The molecule has 0 amide bonds. The molecule has 0 aromatic rings. The van der Waals surface area contributed by atoms with Crippen LogP contribution in [-0.2, 0) is 4.79 Å². The molecule has 0 heterocycles. The van der Waals surface area contributed by atoms with Gasteiger partial charge in [0, 0.05) is 18.9 Å². The molecule has 0 aliphatic carbocycles. The van der Waals surface area contributed by atoms with E-state index in [1.807, 2.05) is 0 Å². The number of rotatable bonds is 13. The SMILES string of the molecule is CCCCCCCCCC(=O)CCCNC(C)C. The van der Waals surface area contributed by atoms with Crippen LogP contribution in [0.5, 0.6) is 0 Å². The predicted molar refractivity (Wildman–Crippen MR) is 80.0 cm³/mol. The third-order valence-electron chi connectivity index (χ3n) is 3.24. The first-order valence-corrected chi connectivity index (χ1v) is 7.92. The highest BCUT2D eigenvalue weighted by atomic mass is 16.1. The minimum atomic E-state index is 0.453. The number of carbonyl (C=O) groups excluding carboxylic acids is 1. The highest BCUT2D eigenvalue weighted by molar-refractivity contribution is 5.78. The molecule has 0 radical (unpaired) electrons. The molecule has 0 spiro atoms. The van der Waals surface area contributed by atoms with Gasteiger partial charge in [0.15, 0.2) is 0 Å². The number of hydrogen-bond acceptors (Lipinski definition) is 2. The number of Topliss-reactive ketones (excluding diaryl/α,β-unsaturated/α-hetero) is 1. The first-order chi connectivity index (χ1) is 8.66. The Kier molecular flexibility index (Phi) is 12.8. The average Bonchev–Trinajstić information content (AvgIpc) is 2.33. The van der Waals surface area contributed by atoms with Gasteiger partial charge in [-0.05, 0) is 19.4 Å². The van der Waals surface area contributed by atoms with Gasteiger partial charge in [0.1, 0.15) is 5.78 Å². The Labute approximate surface area is 114 Å². The lowest BCUT2D eigenvalue weighted by atomic mass is 10.0. The maximum absolute atomic E-state index is 11.6. The molecule has 0 aliphatic heterocycles. The van der Waals surface area contributed by atoms with Crippen LogP contribution in [0.15, 0.2) is 0 Å². The van der Waals surface area contributed by atoms with Crippen molar-refractivity contribution in [2.45, 2.75) is 91.0 Å². The second kappa shape index (κ2) is 13.1. The van der Waals surface area contributed by atoms with E-state index in [2.05, 4.69) is 26.1 Å². The molecule has 0 rings (SSSR count). The highest BCUT2D eigenvalue weighted by Gasteiger charge is 2.02. The van der Waals surface area contributed by atoms with Crippen molar-refractivity contribution < 1.29 is 4.79 Å². The Morgan fingerprint density at radius 2 is 1.44 bits per heavy atom. The summed E-state index contributed by atoms with van der Waals surface area (Å²) in [5.41, 5.74) is 0. The lowest BCUT2D eigenvalue weighted by Crippen LogP contribution is -2.24. The smallest absolute Gasteiger partial charge is 0.132 e. The normalized spacial score (nSPS) is 11.1. The zero-order valence-corrected chi connectivity index (χ0v) is 12.8. The van der Waals surface area contributed by atoms with Gasteiger partial charge in [-0.2, -0.15) is 0 Å². The van der Waals surface area contributed by atoms with Crippen LogP contribution in [0.4, 0.5) is 0 Å². The van der Waals surface area contributed by atoms with E-state index in [1.165, 1.54) is 38.5 Å². The lowest BCUT2D eigenvalue weighted by Gasteiger charge is -2.07. The molecular formula is C16H33NO. The van der Waals surface area contributed by atoms with E-state index < -0.39 is 0 Å². The minimum absolute atomic E-state index is 0.453. The molecule has 0 fully saturated rings. The molecule has 18 heavy (non-hydrogen) atoms. The summed E-state index contributed by atoms with van der Waals surface area (Å²) in [6.45, 7) is 7.49. The lowest BCUT2D eigenvalue weighted by molar-refractivity contribution is -0.119. The van der Waals surface area contributed by atoms with Crippen LogP contribution in [0.3, 0.4) is 0 Å². The Morgan fingerprint density at radius 1 is 0.889 bits per heavy atom. The Balaban J connectivity index is 3.17. The van der Waals surface area contributed by atoms with Gasteiger partial charge in [0.2, 0.25) is 0 Å². The number of ketones is 1. The minimum Gasteiger partial charge on any atom is -0.315 e. The standard InChI is InChI=1S/C16H33NO/c1-4-5-6-7-8-9-10-12-16(18)13-11-14-17-15(2)3/h15,17H,4-14H2,1-3H3. The molecule has 0 bridgehead atoms. The van der Waals surface area contributed by atoms with Gasteiger partial charge < -0.3 is 5.32 Å². The zero-order chi connectivity index (χ0) is 13.6. The van der Waals surface area contributed by atoms with E-state index in [-0.39, 0.29) is 0 Å². The molecule has 0 aromatic carbocycles. The number of unbranched alkanes of at least 4 members (excludes halogenated alkanes) is 6. The maximum atomic E-state index is 11.6. The quantitative estimate of drug-likeness (QED) is 0.492. The molecule has 0 unspecified atom stereocenters. The van der Waals surface area contributed by atoms with E-state index in [4.69, 9.17) is 0 Å². The third-order valence-corrected chi connectivity index (χ3v) is 3.24. The van der Waals surface area contributed by atoms with Crippen LogP contribution in [0.1, 0.15) is 85.0 Å². The van der Waals surface area contributed by atoms with Gasteiger partial charge in [-0.1, -0.05) is 59.3 Å². The Hall–Kier alpha value is -0.370. The van der Waals surface area contributed by atoms with E-state index >= 15 is 0 Å². The van der Waals surface area contributed by atoms with Crippen molar-refractivity contribution in [2.24, 2.45) is 0 Å². The highest BCUT2D eigenvalue weighted by Crippen LogP contribution is 2.09. The van der Waals surface area contributed by atoms with Crippen molar-refractivity contribution >= 4 is 5.78 Å². The summed E-state index contributed by atoms with van der Waals surface area (Å²) in [5.74, 6) is 0.453. The second-order valence-electron chi connectivity index (χ2n) is 5.62. The first-order valence-electron chi connectivity index (χ1n) is 7.92. The fourth-order valence-corrected chi connectivity index (χ4v) is 2.08. The fraction of sp³-hybridized carbons (Fsp3) is 0.938. The van der Waals surface area contributed by atoms with Crippen LogP contribution < -0.4 is 5.32 Å². The second-order valence-corrected chi connectivity index (χ2v) is 5.62. The summed E-state index contributed by atoms with van der Waals surface area (Å²) in [6.07, 6.45) is 11.6. The van der Waals surface area contributed by atoms with E-state index in [0.717, 1.165) is 32.2 Å². The Morgan fingerprint density at radius 3 is 2.06 bits per heavy atom. The van der Waals surface area contributed by atoms with Crippen molar-refractivity contribution in [1.82, 2.24) is 5.32 Å². The van der Waals surface area contributed by atoms with Crippen LogP contribution in [0.2, 0.25) is 0 Å².